The van der Waals surface area contributed by atoms with E-state index in [4.69, 9.17) is 32.7 Å². The molecule has 6 nitrogen and oxygen atoms in total. The number of quaternary nitrogens is 1. The molecular weight excluding hydrogens is 351 g/mol. The van der Waals surface area contributed by atoms with Crippen LogP contribution >= 0.6 is 23.2 Å². The third-order valence-corrected chi connectivity index (χ3v) is 5.75. The Morgan fingerprint density at radius 3 is 2.64 bits per heavy atom. The van der Waals surface area contributed by atoms with Gasteiger partial charge in [0.1, 0.15) is 23.0 Å². The molecule has 0 saturated carbocycles. The monoisotopic (exact) mass is 369 g/mol. The second-order valence-electron chi connectivity index (χ2n) is 4.90. The van der Waals surface area contributed by atoms with Gasteiger partial charge in [0.25, 0.3) is 0 Å². The van der Waals surface area contributed by atoms with Crippen LogP contribution in [0.3, 0.4) is 0 Å². The molecule has 124 valence electrons. The Bertz CT molecular complexity index is 619. The van der Waals surface area contributed by atoms with Crippen LogP contribution in [0.25, 0.3) is 0 Å². The molecule has 0 atom stereocenters. The minimum absolute atomic E-state index is 0.0126. The molecule has 1 aliphatic heterocycles. The summed E-state index contributed by atoms with van der Waals surface area (Å²) < 4.78 is 37.7. The third-order valence-electron chi connectivity index (χ3n) is 3.48. The molecule has 0 unspecified atom stereocenters. The Kier molecular flexibility index (Phi) is 6.31. The second-order valence-corrected chi connectivity index (χ2v) is 7.42. The smallest absolute Gasteiger partial charge is 0.244 e. The summed E-state index contributed by atoms with van der Waals surface area (Å²) in [6.07, 6.45) is 0. The second kappa shape index (κ2) is 7.81. The lowest BCUT2D eigenvalue weighted by Crippen LogP contribution is -3.14. The quantitative estimate of drug-likeness (QED) is 0.751. The number of methoxy groups -OCH3 is 1. The van der Waals surface area contributed by atoms with E-state index in [1.807, 2.05) is 0 Å². The molecule has 1 aromatic carbocycles. The van der Waals surface area contributed by atoms with Crippen molar-refractivity contribution < 1.29 is 22.8 Å². The zero-order valence-electron chi connectivity index (χ0n) is 12.2. The maximum absolute atomic E-state index is 12.4. The predicted octanol–water partition coefficient (Wildman–Crippen LogP) is 0.195. The van der Waals surface area contributed by atoms with Gasteiger partial charge in [-0.1, -0.05) is 23.2 Å². The van der Waals surface area contributed by atoms with Gasteiger partial charge in [0, 0.05) is 0 Å². The molecule has 0 aromatic heterocycles. The van der Waals surface area contributed by atoms with Crippen LogP contribution in [-0.2, 0) is 14.8 Å². The average Bonchev–Trinajstić information content (AvgIpc) is 2.50. The molecule has 0 bridgehead atoms. The van der Waals surface area contributed by atoms with Crippen molar-refractivity contribution in [2.24, 2.45) is 0 Å². The van der Waals surface area contributed by atoms with E-state index < -0.39 is 10.0 Å². The Hall–Kier alpha value is -0.570. The zero-order valence-corrected chi connectivity index (χ0v) is 14.5. The molecule has 9 heteroatoms. The summed E-state index contributed by atoms with van der Waals surface area (Å²) in [6, 6.07) is 2.82. The molecular formula is C13H19Cl2N2O4S+. The summed E-state index contributed by atoms with van der Waals surface area (Å²) in [4.78, 5) is 1.30. The molecule has 2 rings (SSSR count). The Labute approximate surface area is 140 Å². The molecule has 0 spiro atoms. The van der Waals surface area contributed by atoms with E-state index in [0.717, 1.165) is 13.1 Å². The van der Waals surface area contributed by atoms with Crippen LogP contribution in [0, 0.1) is 0 Å². The van der Waals surface area contributed by atoms with Gasteiger partial charge in [0.05, 0.1) is 38.4 Å². The molecule has 0 radical (unpaired) electrons. The van der Waals surface area contributed by atoms with E-state index in [1.54, 1.807) is 0 Å². The number of rotatable bonds is 6. The van der Waals surface area contributed by atoms with Crippen LogP contribution < -0.4 is 14.4 Å². The molecule has 0 aliphatic carbocycles. The minimum atomic E-state index is -3.71. The lowest BCUT2D eigenvalue weighted by Gasteiger charge is -2.23. The average molecular weight is 370 g/mol. The molecule has 22 heavy (non-hydrogen) atoms. The van der Waals surface area contributed by atoms with E-state index in [0.29, 0.717) is 26.3 Å². The molecule has 1 heterocycles. The maximum atomic E-state index is 12.4. The van der Waals surface area contributed by atoms with Gasteiger partial charge in [-0.3, -0.25) is 0 Å². The first-order valence-electron chi connectivity index (χ1n) is 6.88. The van der Waals surface area contributed by atoms with E-state index >= 15 is 0 Å². The SMILES string of the molecule is COc1c(S(=O)(=O)NCC[NH+]2CCOCC2)ccc(Cl)c1Cl. The highest BCUT2D eigenvalue weighted by Gasteiger charge is 2.23. The lowest BCUT2D eigenvalue weighted by atomic mass is 10.3. The normalized spacial score (nSPS) is 16.7. The highest BCUT2D eigenvalue weighted by Crippen LogP contribution is 2.37. The summed E-state index contributed by atoms with van der Waals surface area (Å²) in [7, 11) is -2.35. The fraction of sp³-hybridized carbons (Fsp3) is 0.538. The summed E-state index contributed by atoms with van der Waals surface area (Å²) in [5.41, 5.74) is 0. The van der Waals surface area contributed by atoms with E-state index in [9.17, 15) is 8.42 Å². The van der Waals surface area contributed by atoms with Crippen molar-refractivity contribution in [2.75, 3.05) is 46.5 Å². The van der Waals surface area contributed by atoms with Gasteiger partial charge in [0.15, 0.2) is 5.75 Å². The number of nitrogens with one attached hydrogen (secondary N) is 2. The van der Waals surface area contributed by atoms with Crippen LogP contribution in [0.4, 0.5) is 0 Å². The number of hydrogen-bond acceptors (Lipinski definition) is 4. The molecule has 1 saturated heterocycles. The number of sulfonamides is 1. The van der Waals surface area contributed by atoms with Crippen molar-refractivity contribution in [3.8, 4) is 5.75 Å². The molecule has 2 N–H and O–H groups in total. The number of ether oxygens (including phenoxy) is 2. The summed E-state index contributed by atoms with van der Waals surface area (Å²) in [6.45, 7) is 4.23. The molecule has 1 fully saturated rings. The van der Waals surface area contributed by atoms with Gasteiger partial charge in [-0.25, -0.2) is 13.1 Å². The standard InChI is InChI=1S/C13H18Cl2N2O4S/c1-20-13-11(3-2-10(14)12(13)15)22(18,19)16-4-5-17-6-8-21-9-7-17/h2-3,16H,4-9H2,1H3/p+1. The van der Waals surface area contributed by atoms with Gasteiger partial charge >= 0.3 is 0 Å². The topological polar surface area (TPSA) is 69.1 Å². The summed E-state index contributed by atoms with van der Waals surface area (Å²) >= 11 is 11.9. The number of halogens is 2. The predicted molar refractivity (Wildman–Crippen MR) is 84.6 cm³/mol. The first-order chi connectivity index (χ1) is 10.5. The van der Waals surface area contributed by atoms with E-state index in [-0.39, 0.29) is 20.7 Å². The van der Waals surface area contributed by atoms with E-state index in [2.05, 4.69) is 4.72 Å². The molecule has 1 aromatic rings. The van der Waals surface area contributed by atoms with Crippen molar-refractivity contribution in [1.82, 2.24) is 4.72 Å². The molecule has 1 aliphatic rings. The zero-order chi connectivity index (χ0) is 16.2. The first-order valence-corrected chi connectivity index (χ1v) is 9.12. The van der Waals surface area contributed by atoms with Crippen molar-refractivity contribution in [2.45, 2.75) is 4.90 Å². The summed E-state index contributed by atoms with van der Waals surface area (Å²) in [5.74, 6) is 0.0559. The highest BCUT2D eigenvalue weighted by atomic mass is 35.5. The Morgan fingerprint density at radius 2 is 2.00 bits per heavy atom. The van der Waals surface area contributed by atoms with Crippen molar-refractivity contribution in [3.63, 3.8) is 0 Å². The van der Waals surface area contributed by atoms with E-state index in [1.165, 1.54) is 24.1 Å². The highest BCUT2D eigenvalue weighted by molar-refractivity contribution is 7.89. The van der Waals surface area contributed by atoms with Crippen LogP contribution in [0.5, 0.6) is 5.75 Å². The van der Waals surface area contributed by atoms with Crippen LogP contribution in [0.15, 0.2) is 17.0 Å². The third kappa shape index (κ3) is 4.24. The number of hydrogen-bond donors (Lipinski definition) is 2. The number of benzene rings is 1. The fourth-order valence-electron chi connectivity index (χ4n) is 2.27. The maximum Gasteiger partial charge on any atom is 0.244 e. The van der Waals surface area contributed by atoms with Crippen molar-refractivity contribution >= 4 is 33.2 Å². The van der Waals surface area contributed by atoms with Gasteiger partial charge in [-0.15, -0.1) is 0 Å². The van der Waals surface area contributed by atoms with Gasteiger partial charge in [-0.05, 0) is 12.1 Å². The fourth-order valence-corrected chi connectivity index (χ4v) is 3.92. The van der Waals surface area contributed by atoms with Crippen molar-refractivity contribution in [3.05, 3.63) is 22.2 Å². The Balaban J connectivity index is 2.05. The minimum Gasteiger partial charge on any atom is -0.494 e. The summed E-state index contributed by atoms with van der Waals surface area (Å²) in [5, 5.41) is 0.334. The lowest BCUT2D eigenvalue weighted by molar-refractivity contribution is -0.906. The first kappa shape index (κ1) is 17.8. The van der Waals surface area contributed by atoms with Crippen LogP contribution in [0.2, 0.25) is 10.0 Å². The Morgan fingerprint density at radius 1 is 1.32 bits per heavy atom. The molecule has 0 amide bonds. The largest absolute Gasteiger partial charge is 0.494 e. The van der Waals surface area contributed by atoms with Gasteiger partial charge < -0.3 is 14.4 Å². The van der Waals surface area contributed by atoms with Crippen molar-refractivity contribution in [1.29, 1.82) is 0 Å². The number of morpholine rings is 1. The van der Waals surface area contributed by atoms with Crippen LogP contribution in [-0.4, -0.2) is 54.9 Å². The van der Waals surface area contributed by atoms with Gasteiger partial charge in [-0.2, -0.15) is 0 Å². The van der Waals surface area contributed by atoms with Crippen LogP contribution in [0.1, 0.15) is 0 Å². The van der Waals surface area contributed by atoms with Gasteiger partial charge in [0.2, 0.25) is 10.0 Å².